The lowest BCUT2D eigenvalue weighted by molar-refractivity contribution is 0.0924. The Morgan fingerprint density at radius 1 is 1.11 bits per heavy atom. The van der Waals surface area contributed by atoms with E-state index in [1.165, 1.54) is 29.7 Å². The zero-order chi connectivity index (χ0) is 19.3. The van der Waals surface area contributed by atoms with Gasteiger partial charge in [-0.05, 0) is 24.0 Å². The Labute approximate surface area is 164 Å². The number of benzene rings is 1. The summed E-state index contributed by atoms with van der Waals surface area (Å²) in [4.78, 5) is 22.7. The van der Waals surface area contributed by atoms with Gasteiger partial charge >= 0.3 is 0 Å². The number of sulfone groups is 1. The van der Waals surface area contributed by atoms with E-state index in [0.717, 1.165) is 12.8 Å². The molecule has 0 saturated carbocycles. The zero-order valence-corrected chi connectivity index (χ0v) is 16.2. The molecule has 0 unspecified atom stereocenters. The van der Waals surface area contributed by atoms with Crippen LogP contribution in [0.2, 0.25) is 0 Å². The number of hydrogen-bond acceptors (Lipinski definition) is 6. The molecule has 0 spiro atoms. The molecule has 2 fully saturated rings. The number of hydrogen-bond donors (Lipinski definition) is 1. The van der Waals surface area contributed by atoms with Gasteiger partial charge in [-0.1, -0.05) is 24.3 Å². The molecular formula is C20H22N4O3S. The highest BCUT2D eigenvalue weighted by molar-refractivity contribution is 7.92. The normalized spacial score (nSPS) is 28.8. The maximum absolute atomic E-state index is 12.7. The highest BCUT2D eigenvalue weighted by Gasteiger charge is 2.53. The molecule has 1 aliphatic carbocycles. The van der Waals surface area contributed by atoms with Crippen molar-refractivity contribution in [2.75, 3.05) is 18.8 Å². The van der Waals surface area contributed by atoms with Crippen molar-refractivity contribution in [3.05, 3.63) is 59.7 Å². The van der Waals surface area contributed by atoms with Gasteiger partial charge in [0.2, 0.25) is 0 Å². The maximum atomic E-state index is 12.7. The van der Waals surface area contributed by atoms with Gasteiger partial charge in [0.15, 0.2) is 9.84 Å². The number of fused-ring (bicyclic) bond motifs is 2. The monoisotopic (exact) mass is 398 g/mol. The summed E-state index contributed by atoms with van der Waals surface area (Å²) in [7, 11) is -3.22. The predicted octanol–water partition coefficient (Wildman–Crippen LogP) is 0.471. The van der Waals surface area contributed by atoms with Crippen LogP contribution in [0, 0.1) is 5.92 Å². The molecule has 8 heteroatoms. The van der Waals surface area contributed by atoms with Crippen LogP contribution in [0.25, 0.3) is 0 Å². The predicted molar refractivity (Wildman–Crippen MR) is 104 cm³/mol. The van der Waals surface area contributed by atoms with E-state index < -0.39 is 15.1 Å². The van der Waals surface area contributed by atoms with Crippen molar-refractivity contribution in [2.24, 2.45) is 5.92 Å². The molecular weight excluding hydrogens is 376 g/mol. The maximum Gasteiger partial charge on any atom is 0.271 e. The lowest BCUT2D eigenvalue weighted by Gasteiger charge is -2.26. The van der Waals surface area contributed by atoms with Crippen LogP contribution in [0.3, 0.4) is 0 Å². The van der Waals surface area contributed by atoms with E-state index in [2.05, 4.69) is 44.5 Å². The first kappa shape index (κ1) is 17.8. The molecule has 1 N–H and O–H groups in total. The standard InChI is InChI=1S/C20H22N4O3S/c25-20(17-9-21-5-6-22-17)23-18-12-28(26,27)19-11-24(10-16(18)19)15-7-13-3-1-2-4-14(13)8-15/h1-6,9,15-16,18-19H,7-8,10-12H2,(H,23,25)/t16-,18+,19-/m0/s1. The Morgan fingerprint density at radius 3 is 2.54 bits per heavy atom. The minimum absolute atomic E-state index is 0.00701. The molecule has 146 valence electrons. The van der Waals surface area contributed by atoms with Gasteiger partial charge in [0.25, 0.3) is 5.91 Å². The fraction of sp³-hybridized carbons (Fsp3) is 0.450. The molecule has 0 radical (unpaired) electrons. The molecule has 0 bridgehead atoms. The summed E-state index contributed by atoms with van der Waals surface area (Å²) in [6.07, 6.45) is 6.28. The van der Waals surface area contributed by atoms with Crippen molar-refractivity contribution in [1.82, 2.24) is 20.2 Å². The minimum atomic E-state index is -3.22. The lowest BCUT2D eigenvalue weighted by Crippen LogP contribution is -2.43. The summed E-state index contributed by atoms with van der Waals surface area (Å²) in [5.74, 6) is -0.428. The van der Waals surface area contributed by atoms with Gasteiger partial charge in [-0.3, -0.25) is 14.7 Å². The zero-order valence-electron chi connectivity index (χ0n) is 15.4. The quantitative estimate of drug-likeness (QED) is 0.808. The van der Waals surface area contributed by atoms with Crippen LogP contribution in [0.15, 0.2) is 42.9 Å². The molecule has 1 aromatic carbocycles. The molecule has 1 amide bonds. The summed E-state index contributed by atoms with van der Waals surface area (Å²) in [6, 6.07) is 8.40. The van der Waals surface area contributed by atoms with Crippen LogP contribution < -0.4 is 5.32 Å². The second-order valence-electron chi connectivity index (χ2n) is 7.99. The SMILES string of the molecule is O=C(N[C@@H]1CS(=O)(=O)[C@H]2CN(C3Cc4ccccc4C3)C[C@@H]12)c1cnccn1. The number of carbonyl (C=O) groups excluding carboxylic acids is 1. The molecule has 2 aliphatic heterocycles. The average Bonchev–Trinajstić information content (AvgIpc) is 3.37. The van der Waals surface area contributed by atoms with Gasteiger partial charge in [0, 0.05) is 43.5 Å². The van der Waals surface area contributed by atoms with Crippen molar-refractivity contribution in [1.29, 1.82) is 0 Å². The number of nitrogens with zero attached hydrogens (tertiary/aromatic N) is 3. The van der Waals surface area contributed by atoms with Crippen molar-refractivity contribution < 1.29 is 13.2 Å². The highest BCUT2D eigenvalue weighted by atomic mass is 32.2. The number of aromatic nitrogens is 2. The third-order valence-electron chi connectivity index (χ3n) is 6.39. The van der Waals surface area contributed by atoms with Crippen LogP contribution in [-0.4, -0.2) is 65.4 Å². The Hall–Kier alpha value is -2.32. The summed E-state index contributed by atoms with van der Waals surface area (Å²) >= 11 is 0. The van der Waals surface area contributed by atoms with Gasteiger partial charge in [0.1, 0.15) is 5.69 Å². The highest BCUT2D eigenvalue weighted by Crippen LogP contribution is 2.37. The van der Waals surface area contributed by atoms with Crippen molar-refractivity contribution in [3.8, 4) is 0 Å². The first-order chi connectivity index (χ1) is 13.5. The Bertz CT molecular complexity index is 986. The second kappa shape index (κ2) is 6.63. The van der Waals surface area contributed by atoms with Crippen LogP contribution in [-0.2, 0) is 22.7 Å². The largest absolute Gasteiger partial charge is 0.347 e. The topological polar surface area (TPSA) is 92.3 Å². The van der Waals surface area contributed by atoms with Crippen LogP contribution in [0.5, 0.6) is 0 Å². The lowest BCUT2D eigenvalue weighted by atomic mass is 10.0. The molecule has 5 rings (SSSR count). The average molecular weight is 398 g/mol. The molecule has 3 atom stereocenters. The van der Waals surface area contributed by atoms with E-state index in [9.17, 15) is 13.2 Å². The molecule has 7 nitrogen and oxygen atoms in total. The van der Waals surface area contributed by atoms with E-state index in [1.807, 2.05) is 0 Å². The number of rotatable bonds is 3. The minimum Gasteiger partial charge on any atom is -0.347 e. The van der Waals surface area contributed by atoms with E-state index in [-0.39, 0.29) is 29.3 Å². The molecule has 3 heterocycles. The fourth-order valence-corrected chi connectivity index (χ4v) is 7.30. The Kier molecular flexibility index (Phi) is 4.21. The van der Waals surface area contributed by atoms with Crippen molar-refractivity contribution >= 4 is 15.7 Å². The van der Waals surface area contributed by atoms with Gasteiger partial charge in [-0.15, -0.1) is 0 Å². The second-order valence-corrected chi connectivity index (χ2v) is 10.3. The molecule has 2 saturated heterocycles. The summed E-state index contributed by atoms with van der Waals surface area (Å²) in [5.41, 5.74) is 2.93. The molecule has 3 aliphatic rings. The van der Waals surface area contributed by atoms with Gasteiger partial charge < -0.3 is 5.32 Å². The fourth-order valence-electron chi connectivity index (χ4n) is 4.99. The molecule has 1 aromatic heterocycles. The Morgan fingerprint density at radius 2 is 1.86 bits per heavy atom. The summed E-state index contributed by atoms with van der Waals surface area (Å²) in [5, 5.41) is 2.50. The van der Waals surface area contributed by atoms with Crippen molar-refractivity contribution in [2.45, 2.75) is 30.2 Å². The third-order valence-corrected chi connectivity index (χ3v) is 8.63. The Balaban J connectivity index is 1.32. The van der Waals surface area contributed by atoms with E-state index in [4.69, 9.17) is 0 Å². The van der Waals surface area contributed by atoms with Crippen LogP contribution in [0.4, 0.5) is 0 Å². The number of amides is 1. The number of carbonyl (C=O) groups is 1. The molecule has 2 aromatic rings. The van der Waals surface area contributed by atoms with Crippen LogP contribution in [0.1, 0.15) is 21.6 Å². The van der Waals surface area contributed by atoms with Crippen LogP contribution >= 0.6 is 0 Å². The van der Waals surface area contributed by atoms with Gasteiger partial charge in [-0.25, -0.2) is 13.4 Å². The van der Waals surface area contributed by atoms with Gasteiger partial charge in [0.05, 0.1) is 17.2 Å². The third kappa shape index (κ3) is 3.00. The number of nitrogens with one attached hydrogen (secondary N) is 1. The smallest absolute Gasteiger partial charge is 0.271 e. The first-order valence-corrected chi connectivity index (χ1v) is 11.3. The van der Waals surface area contributed by atoms with Crippen molar-refractivity contribution in [3.63, 3.8) is 0 Å². The van der Waals surface area contributed by atoms with Gasteiger partial charge in [-0.2, -0.15) is 0 Å². The van der Waals surface area contributed by atoms with E-state index >= 15 is 0 Å². The number of likely N-dealkylation sites (tertiary alicyclic amines) is 1. The summed E-state index contributed by atoms with van der Waals surface area (Å²) in [6.45, 7) is 1.26. The van der Waals surface area contributed by atoms with E-state index in [1.54, 1.807) is 0 Å². The molecule has 28 heavy (non-hydrogen) atoms. The van der Waals surface area contributed by atoms with E-state index in [0.29, 0.717) is 19.1 Å². The summed E-state index contributed by atoms with van der Waals surface area (Å²) < 4.78 is 25.5. The first-order valence-electron chi connectivity index (χ1n) is 9.60.